The molecule has 0 radical (unpaired) electrons. The van der Waals surface area contributed by atoms with Crippen LogP contribution in [0.1, 0.15) is 17.6 Å². The van der Waals surface area contributed by atoms with E-state index in [1.54, 1.807) is 23.8 Å². The van der Waals surface area contributed by atoms with Crippen LogP contribution in [0.25, 0.3) is 11.0 Å². The van der Waals surface area contributed by atoms with Crippen molar-refractivity contribution in [3.05, 3.63) is 40.7 Å². The molecule has 0 aliphatic rings. The van der Waals surface area contributed by atoms with Crippen molar-refractivity contribution in [1.29, 1.82) is 0 Å². The van der Waals surface area contributed by atoms with E-state index in [-0.39, 0.29) is 0 Å². The van der Waals surface area contributed by atoms with Crippen LogP contribution >= 0.6 is 11.3 Å². The number of fused-ring (bicyclic) bond motifs is 1. The number of anilines is 1. The third-order valence-electron chi connectivity index (χ3n) is 2.72. The zero-order valence-electron chi connectivity index (χ0n) is 10.0. The number of hydrogen-bond acceptors (Lipinski definition) is 5. The zero-order valence-corrected chi connectivity index (χ0v) is 10.8. The van der Waals surface area contributed by atoms with Gasteiger partial charge >= 0.3 is 0 Å². The highest BCUT2D eigenvalue weighted by Crippen LogP contribution is 2.22. The number of furan rings is 1. The lowest BCUT2D eigenvalue weighted by atomic mass is 10.3. The number of nitrogens with one attached hydrogen (secondary N) is 1. The molecule has 0 amide bonds. The predicted molar refractivity (Wildman–Crippen MR) is 72.8 cm³/mol. The standard InChI is InChI=1S/C13H13N3OS/c1-2-12-16-9(8-18-12)7-15-13-10-4-6-17-11(10)3-5-14-13/h3-6,8H,2,7H2,1H3,(H,14,15). The van der Waals surface area contributed by atoms with Crippen molar-refractivity contribution in [2.75, 3.05) is 5.32 Å². The summed E-state index contributed by atoms with van der Waals surface area (Å²) in [5, 5.41) is 7.56. The van der Waals surface area contributed by atoms with Gasteiger partial charge in [-0.15, -0.1) is 11.3 Å². The predicted octanol–water partition coefficient (Wildman–Crippen LogP) is 3.46. The van der Waals surface area contributed by atoms with Crippen LogP contribution in [-0.2, 0) is 13.0 Å². The first-order valence-corrected chi connectivity index (χ1v) is 6.74. The number of pyridine rings is 1. The Morgan fingerprint density at radius 3 is 3.17 bits per heavy atom. The minimum Gasteiger partial charge on any atom is -0.464 e. The van der Waals surface area contributed by atoms with E-state index in [1.807, 2.05) is 12.1 Å². The lowest BCUT2D eigenvalue weighted by Crippen LogP contribution is -2.01. The van der Waals surface area contributed by atoms with E-state index in [2.05, 4.69) is 27.6 Å². The fourth-order valence-corrected chi connectivity index (χ4v) is 2.55. The highest BCUT2D eigenvalue weighted by molar-refractivity contribution is 7.09. The van der Waals surface area contributed by atoms with E-state index < -0.39 is 0 Å². The maximum atomic E-state index is 5.34. The van der Waals surface area contributed by atoms with E-state index in [0.29, 0.717) is 6.54 Å². The molecular formula is C13H13N3OS. The molecule has 0 aliphatic heterocycles. The summed E-state index contributed by atoms with van der Waals surface area (Å²) in [5.41, 5.74) is 1.90. The Kier molecular flexibility index (Phi) is 2.98. The lowest BCUT2D eigenvalue weighted by molar-refractivity contribution is 0.615. The van der Waals surface area contributed by atoms with Crippen LogP contribution < -0.4 is 5.32 Å². The van der Waals surface area contributed by atoms with E-state index in [4.69, 9.17) is 4.42 Å². The van der Waals surface area contributed by atoms with Crippen molar-refractivity contribution in [3.8, 4) is 0 Å². The van der Waals surface area contributed by atoms with Crippen LogP contribution in [0, 0.1) is 0 Å². The molecule has 0 fully saturated rings. The molecule has 0 spiro atoms. The van der Waals surface area contributed by atoms with Gasteiger partial charge in [-0.25, -0.2) is 9.97 Å². The van der Waals surface area contributed by atoms with Crippen molar-refractivity contribution in [2.24, 2.45) is 0 Å². The van der Waals surface area contributed by atoms with Crippen LogP contribution in [0.4, 0.5) is 5.82 Å². The number of aromatic nitrogens is 2. The molecule has 18 heavy (non-hydrogen) atoms. The van der Waals surface area contributed by atoms with Gasteiger partial charge in [0.25, 0.3) is 0 Å². The van der Waals surface area contributed by atoms with Gasteiger partial charge in [-0.1, -0.05) is 6.92 Å². The van der Waals surface area contributed by atoms with Gasteiger partial charge in [0.15, 0.2) is 0 Å². The summed E-state index contributed by atoms with van der Waals surface area (Å²) in [6.07, 6.45) is 4.41. The van der Waals surface area contributed by atoms with E-state index >= 15 is 0 Å². The Morgan fingerprint density at radius 1 is 1.39 bits per heavy atom. The monoisotopic (exact) mass is 259 g/mol. The summed E-state index contributed by atoms with van der Waals surface area (Å²) in [5.74, 6) is 0.840. The summed E-state index contributed by atoms with van der Waals surface area (Å²) in [4.78, 5) is 8.84. The fraction of sp³-hybridized carbons (Fsp3) is 0.231. The maximum Gasteiger partial charge on any atom is 0.139 e. The van der Waals surface area contributed by atoms with Gasteiger partial charge in [-0.05, 0) is 18.6 Å². The normalized spacial score (nSPS) is 10.9. The largest absolute Gasteiger partial charge is 0.464 e. The molecule has 3 heterocycles. The van der Waals surface area contributed by atoms with Gasteiger partial charge in [0.05, 0.1) is 28.9 Å². The molecule has 3 aromatic rings. The number of aryl methyl sites for hydroxylation is 1. The number of thiazole rings is 1. The first-order chi connectivity index (χ1) is 8.86. The first kappa shape index (κ1) is 11.2. The Morgan fingerprint density at radius 2 is 2.33 bits per heavy atom. The molecule has 4 nitrogen and oxygen atoms in total. The van der Waals surface area contributed by atoms with Gasteiger partial charge in [0.1, 0.15) is 11.4 Å². The van der Waals surface area contributed by atoms with Crippen molar-refractivity contribution < 1.29 is 4.42 Å². The fourth-order valence-electron chi connectivity index (χ4n) is 1.80. The van der Waals surface area contributed by atoms with Crippen LogP contribution in [0.5, 0.6) is 0 Å². The average Bonchev–Trinajstić information content (AvgIpc) is 3.05. The highest BCUT2D eigenvalue weighted by Gasteiger charge is 2.05. The minimum absolute atomic E-state index is 0.688. The molecule has 5 heteroatoms. The van der Waals surface area contributed by atoms with Crippen LogP contribution in [0.2, 0.25) is 0 Å². The summed E-state index contributed by atoms with van der Waals surface area (Å²) in [6, 6.07) is 3.78. The highest BCUT2D eigenvalue weighted by atomic mass is 32.1. The smallest absolute Gasteiger partial charge is 0.139 e. The van der Waals surface area contributed by atoms with Crippen molar-refractivity contribution >= 4 is 28.1 Å². The second kappa shape index (κ2) is 4.78. The van der Waals surface area contributed by atoms with Gasteiger partial charge in [0.2, 0.25) is 0 Å². The minimum atomic E-state index is 0.688. The second-order valence-corrected chi connectivity index (χ2v) is 4.87. The first-order valence-electron chi connectivity index (χ1n) is 5.86. The molecule has 0 aliphatic carbocycles. The Bertz CT molecular complexity index is 659. The molecule has 0 saturated heterocycles. The van der Waals surface area contributed by atoms with Crippen LogP contribution in [0.15, 0.2) is 34.4 Å². The third kappa shape index (κ3) is 2.09. The van der Waals surface area contributed by atoms with Gasteiger partial charge < -0.3 is 9.73 Å². The second-order valence-electron chi connectivity index (χ2n) is 3.93. The summed E-state index contributed by atoms with van der Waals surface area (Å²) in [6.45, 7) is 2.80. The summed E-state index contributed by atoms with van der Waals surface area (Å²) in [7, 11) is 0. The maximum absolute atomic E-state index is 5.34. The Hall–Kier alpha value is -1.88. The van der Waals surface area contributed by atoms with Crippen LogP contribution in [-0.4, -0.2) is 9.97 Å². The molecule has 3 aromatic heterocycles. The summed E-state index contributed by atoms with van der Waals surface area (Å²) < 4.78 is 5.34. The molecule has 3 rings (SSSR count). The Balaban J connectivity index is 1.78. The number of nitrogens with zero attached hydrogens (tertiary/aromatic N) is 2. The van der Waals surface area contributed by atoms with E-state index in [1.165, 1.54) is 5.01 Å². The van der Waals surface area contributed by atoms with Gasteiger partial charge in [0, 0.05) is 11.6 Å². The number of hydrogen-bond donors (Lipinski definition) is 1. The van der Waals surface area contributed by atoms with Gasteiger partial charge in [-0.2, -0.15) is 0 Å². The summed E-state index contributed by atoms with van der Waals surface area (Å²) >= 11 is 1.70. The molecule has 0 aromatic carbocycles. The van der Waals surface area contributed by atoms with Crippen LogP contribution in [0.3, 0.4) is 0 Å². The quantitative estimate of drug-likeness (QED) is 0.779. The Labute approximate surface area is 109 Å². The third-order valence-corrected chi connectivity index (χ3v) is 3.76. The lowest BCUT2D eigenvalue weighted by Gasteiger charge is -2.03. The molecule has 0 unspecified atom stereocenters. The molecule has 92 valence electrons. The molecular weight excluding hydrogens is 246 g/mol. The average molecular weight is 259 g/mol. The van der Waals surface area contributed by atoms with Crippen molar-refractivity contribution in [2.45, 2.75) is 19.9 Å². The van der Waals surface area contributed by atoms with E-state index in [9.17, 15) is 0 Å². The van der Waals surface area contributed by atoms with Crippen molar-refractivity contribution in [1.82, 2.24) is 9.97 Å². The molecule has 1 N–H and O–H groups in total. The zero-order chi connectivity index (χ0) is 12.4. The SMILES string of the molecule is CCc1nc(CNc2nccc3occc23)cs1. The topological polar surface area (TPSA) is 51.0 Å². The molecule has 0 saturated carbocycles. The van der Waals surface area contributed by atoms with Crippen molar-refractivity contribution in [3.63, 3.8) is 0 Å². The molecule has 0 atom stereocenters. The molecule has 0 bridgehead atoms. The van der Waals surface area contributed by atoms with Gasteiger partial charge in [-0.3, -0.25) is 0 Å². The number of rotatable bonds is 4. The van der Waals surface area contributed by atoms with E-state index in [0.717, 1.165) is 28.9 Å².